The van der Waals surface area contributed by atoms with E-state index in [-0.39, 0.29) is 5.82 Å². The molecule has 0 radical (unpaired) electrons. The number of hydrogen-bond acceptors (Lipinski definition) is 1. The van der Waals surface area contributed by atoms with Gasteiger partial charge < -0.3 is 5.32 Å². The molecule has 0 heterocycles. The van der Waals surface area contributed by atoms with Gasteiger partial charge in [0.1, 0.15) is 5.82 Å². The first-order valence-electron chi connectivity index (χ1n) is 7.49. The molecule has 1 saturated carbocycles. The molecule has 1 aliphatic carbocycles. The number of hydrogen-bond donors (Lipinski definition) is 1. The lowest BCUT2D eigenvalue weighted by Gasteiger charge is -2.30. The van der Waals surface area contributed by atoms with E-state index < -0.39 is 0 Å². The second-order valence-corrected chi connectivity index (χ2v) is 6.64. The molecule has 1 fully saturated rings. The molecule has 2 aromatic rings. The van der Waals surface area contributed by atoms with Gasteiger partial charge in [-0.1, -0.05) is 46.3 Å². The van der Waals surface area contributed by atoms with E-state index in [0.29, 0.717) is 17.6 Å². The third-order valence-electron chi connectivity index (χ3n) is 4.29. The molecule has 1 N–H and O–H groups in total. The average molecular weight is 348 g/mol. The molecule has 0 aromatic heterocycles. The Labute approximate surface area is 133 Å². The summed E-state index contributed by atoms with van der Waals surface area (Å²) >= 11 is 3.39. The fraction of sp³-hybridized carbons (Fsp3) is 0.333. The zero-order valence-corrected chi connectivity index (χ0v) is 13.4. The summed E-state index contributed by atoms with van der Waals surface area (Å²) in [5.41, 5.74) is 2.04. The van der Waals surface area contributed by atoms with Crippen LogP contribution in [0.1, 0.15) is 37.2 Å². The van der Waals surface area contributed by atoms with Gasteiger partial charge in [0, 0.05) is 10.5 Å². The fourth-order valence-electron chi connectivity index (χ4n) is 3.12. The summed E-state index contributed by atoms with van der Waals surface area (Å²) in [5.74, 6) is 0.472. The van der Waals surface area contributed by atoms with Gasteiger partial charge in [-0.15, -0.1) is 0 Å². The fourth-order valence-corrected chi connectivity index (χ4v) is 3.49. The summed E-state index contributed by atoms with van der Waals surface area (Å²) in [4.78, 5) is 0. The van der Waals surface area contributed by atoms with E-state index >= 15 is 0 Å². The van der Waals surface area contributed by atoms with E-state index in [1.54, 1.807) is 6.07 Å². The van der Waals surface area contributed by atoms with Gasteiger partial charge in [0.2, 0.25) is 0 Å². The van der Waals surface area contributed by atoms with Crippen LogP contribution in [0, 0.1) is 5.82 Å². The second kappa shape index (κ2) is 6.61. The molecule has 0 bridgehead atoms. The van der Waals surface area contributed by atoms with E-state index in [1.165, 1.54) is 11.6 Å². The van der Waals surface area contributed by atoms with Crippen molar-refractivity contribution in [3.8, 4) is 0 Å². The van der Waals surface area contributed by atoms with Gasteiger partial charge in [0.25, 0.3) is 0 Å². The molecule has 21 heavy (non-hydrogen) atoms. The smallest absolute Gasteiger partial charge is 0.146 e. The Bertz CT molecular complexity index is 591. The molecule has 2 aromatic carbocycles. The Morgan fingerprint density at radius 1 is 0.952 bits per heavy atom. The molecule has 0 unspecified atom stereocenters. The Hall–Kier alpha value is -1.35. The zero-order valence-electron chi connectivity index (χ0n) is 11.9. The summed E-state index contributed by atoms with van der Waals surface area (Å²) < 4.78 is 14.7. The predicted octanol–water partition coefficient (Wildman–Crippen LogP) is 5.73. The summed E-state index contributed by atoms with van der Waals surface area (Å²) in [6.45, 7) is 0. The summed E-state index contributed by atoms with van der Waals surface area (Å²) in [6.07, 6.45) is 4.51. The van der Waals surface area contributed by atoms with Crippen LogP contribution in [0.25, 0.3) is 0 Å². The molecule has 3 rings (SSSR count). The minimum absolute atomic E-state index is 0.177. The van der Waals surface area contributed by atoms with Crippen molar-refractivity contribution in [3.63, 3.8) is 0 Å². The van der Waals surface area contributed by atoms with Crippen molar-refractivity contribution >= 4 is 21.6 Å². The largest absolute Gasteiger partial charge is 0.380 e. The van der Waals surface area contributed by atoms with E-state index in [2.05, 4.69) is 51.6 Å². The Kier molecular flexibility index (Phi) is 4.59. The molecule has 0 saturated heterocycles. The SMILES string of the molecule is Fc1ccc(Br)cc1NC1CCC(c2ccccc2)CC1. The maximum atomic E-state index is 13.8. The Morgan fingerprint density at radius 2 is 1.67 bits per heavy atom. The van der Waals surface area contributed by atoms with Crippen LogP contribution in [0.3, 0.4) is 0 Å². The second-order valence-electron chi connectivity index (χ2n) is 5.73. The highest BCUT2D eigenvalue weighted by molar-refractivity contribution is 9.10. The lowest BCUT2D eigenvalue weighted by atomic mass is 9.82. The molecule has 0 spiro atoms. The summed E-state index contributed by atoms with van der Waals surface area (Å²) in [5, 5.41) is 3.36. The van der Waals surface area contributed by atoms with Gasteiger partial charge in [-0.05, 0) is 55.4 Å². The van der Waals surface area contributed by atoms with Crippen LogP contribution in [0.15, 0.2) is 53.0 Å². The number of nitrogens with one attached hydrogen (secondary N) is 1. The standard InChI is InChI=1S/C18H19BrFN/c19-15-8-11-17(20)18(12-15)21-16-9-6-14(7-10-16)13-4-2-1-3-5-13/h1-5,8,11-12,14,16,21H,6-7,9-10H2. The van der Waals surface area contributed by atoms with Crippen molar-refractivity contribution in [2.75, 3.05) is 5.32 Å². The van der Waals surface area contributed by atoms with E-state index in [9.17, 15) is 4.39 Å². The first-order valence-corrected chi connectivity index (χ1v) is 8.28. The molecule has 1 nitrogen and oxygen atoms in total. The van der Waals surface area contributed by atoms with E-state index in [1.807, 2.05) is 6.07 Å². The number of halogens is 2. The molecule has 0 amide bonds. The van der Waals surface area contributed by atoms with Gasteiger partial charge in [0.05, 0.1) is 5.69 Å². The lowest BCUT2D eigenvalue weighted by Crippen LogP contribution is -2.25. The first kappa shape index (κ1) is 14.6. The van der Waals surface area contributed by atoms with E-state index in [4.69, 9.17) is 0 Å². The first-order chi connectivity index (χ1) is 10.2. The van der Waals surface area contributed by atoms with Crippen LogP contribution in [-0.4, -0.2) is 6.04 Å². The minimum atomic E-state index is -0.177. The predicted molar refractivity (Wildman–Crippen MR) is 89.2 cm³/mol. The van der Waals surface area contributed by atoms with Gasteiger partial charge in [-0.3, -0.25) is 0 Å². The van der Waals surface area contributed by atoms with E-state index in [0.717, 1.165) is 30.2 Å². The lowest BCUT2D eigenvalue weighted by molar-refractivity contribution is 0.411. The normalized spacial score (nSPS) is 22.0. The van der Waals surface area contributed by atoms with Gasteiger partial charge >= 0.3 is 0 Å². The van der Waals surface area contributed by atoms with Gasteiger partial charge in [0.15, 0.2) is 0 Å². The zero-order chi connectivity index (χ0) is 14.7. The van der Waals surface area contributed by atoms with Crippen molar-refractivity contribution in [2.24, 2.45) is 0 Å². The summed E-state index contributed by atoms with van der Waals surface area (Å²) in [7, 11) is 0. The molecular formula is C18H19BrFN. The number of rotatable bonds is 3. The Balaban J connectivity index is 1.60. The highest BCUT2D eigenvalue weighted by Crippen LogP contribution is 2.34. The molecule has 3 heteroatoms. The minimum Gasteiger partial charge on any atom is -0.380 e. The highest BCUT2D eigenvalue weighted by atomic mass is 79.9. The van der Waals surface area contributed by atoms with Crippen LogP contribution in [0.4, 0.5) is 10.1 Å². The van der Waals surface area contributed by atoms with Crippen molar-refractivity contribution in [1.82, 2.24) is 0 Å². The summed E-state index contributed by atoms with van der Waals surface area (Å²) in [6, 6.07) is 16.1. The highest BCUT2D eigenvalue weighted by Gasteiger charge is 2.22. The van der Waals surface area contributed by atoms with Crippen LogP contribution in [0.2, 0.25) is 0 Å². The van der Waals surface area contributed by atoms with Crippen LogP contribution in [0.5, 0.6) is 0 Å². The van der Waals surface area contributed by atoms with Crippen LogP contribution >= 0.6 is 15.9 Å². The van der Waals surface area contributed by atoms with Crippen LogP contribution in [-0.2, 0) is 0 Å². The number of benzene rings is 2. The van der Waals surface area contributed by atoms with Crippen molar-refractivity contribution in [3.05, 3.63) is 64.4 Å². The molecular weight excluding hydrogens is 329 g/mol. The quantitative estimate of drug-likeness (QED) is 0.747. The van der Waals surface area contributed by atoms with Gasteiger partial charge in [-0.25, -0.2) is 4.39 Å². The average Bonchev–Trinajstić information content (AvgIpc) is 2.53. The van der Waals surface area contributed by atoms with Crippen molar-refractivity contribution < 1.29 is 4.39 Å². The maximum Gasteiger partial charge on any atom is 0.146 e. The van der Waals surface area contributed by atoms with Crippen LogP contribution < -0.4 is 5.32 Å². The third-order valence-corrected chi connectivity index (χ3v) is 4.78. The molecule has 0 aliphatic heterocycles. The topological polar surface area (TPSA) is 12.0 Å². The third kappa shape index (κ3) is 3.65. The monoisotopic (exact) mass is 347 g/mol. The number of anilines is 1. The molecule has 0 atom stereocenters. The van der Waals surface area contributed by atoms with Gasteiger partial charge in [-0.2, -0.15) is 0 Å². The maximum absolute atomic E-state index is 13.8. The van der Waals surface area contributed by atoms with Crippen molar-refractivity contribution in [2.45, 2.75) is 37.6 Å². The molecule has 1 aliphatic rings. The van der Waals surface area contributed by atoms with Crippen molar-refractivity contribution in [1.29, 1.82) is 0 Å². The molecule has 110 valence electrons. The Morgan fingerprint density at radius 3 is 2.38 bits per heavy atom.